The van der Waals surface area contributed by atoms with E-state index in [1.807, 2.05) is 27.7 Å². The van der Waals surface area contributed by atoms with Crippen LogP contribution in [0.4, 0.5) is 0 Å². The van der Waals surface area contributed by atoms with E-state index < -0.39 is 5.97 Å². The minimum absolute atomic E-state index is 0.166. The van der Waals surface area contributed by atoms with Crippen LogP contribution in [-0.2, 0) is 23.9 Å². The molecule has 0 aliphatic heterocycles. The maximum atomic E-state index is 11.6. The van der Waals surface area contributed by atoms with E-state index in [2.05, 4.69) is 0 Å². The molecular weight excluding hydrogens is 276 g/mol. The van der Waals surface area contributed by atoms with Crippen LogP contribution in [0.25, 0.3) is 0 Å². The average Bonchev–Trinajstić information content (AvgIpc) is 2.47. The van der Waals surface area contributed by atoms with Crippen molar-refractivity contribution in [1.29, 1.82) is 0 Å². The third-order valence-corrected chi connectivity index (χ3v) is 3.03. The summed E-state index contributed by atoms with van der Waals surface area (Å²) in [5.74, 6) is -1.07. The zero-order valence-corrected chi connectivity index (χ0v) is 13.4. The Balaban J connectivity index is 3.91. The van der Waals surface area contributed by atoms with E-state index in [0.29, 0.717) is 26.2 Å². The van der Waals surface area contributed by atoms with Crippen LogP contribution in [0.15, 0.2) is 0 Å². The Kier molecular flexibility index (Phi) is 10.2. The van der Waals surface area contributed by atoms with Gasteiger partial charge in [-0.2, -0.15) is 0 Å². The summed E-state index contributed by atoms with van der Waals surface area (Å²) < 4.78 is 9.80. The van der Waals surface area contributed by atoms with Gasteiger partial charge in [-0.05, 0) is 27.7 Å². The van der Waals surface area contributed by atoms with E-state index in [0.717, 1.165) is 0 Å². The largest absolute Gasteiger partial charge is 0.454 e. The monoisotopic (exact) mass is 302 g/mol. The van der Waals surface area contributed by atoms with E-state index in [-0.39, 0.29) is 31.6 Å². The zero-order valence-electron chi connectivity index (χ0n) is 13.4. The molecule has 0 radical (unpaired) electrons. The lowest BCUT2D eigenvalue weighted by Crippen LogP contribution is -2.35. The molecule has 0 atom stereocenters. The molecule has 0 aliphatic rings. The first-order valence-corrected chi connectivity index (χ1v) is 7.28. The Morgan fingerprint density at radius 1 is 0.714 bits per heavy atom. The van der Waals surface area contributed by atoms with E-state index in [1.165, 1.54) is 0 Å². The number of carbonyl (C=O) groups is 3. The van der Waals surface area contributed by atoms with Crippen LogP contribution in [0.2, 0.25) is 0 Å². The number of amides is 2. The molecule has 0 aromatic heterocycles. The van der Waals surface area contributed by atoms with Crippen LogP contribution in [-0.4, -0.2) is 73.6 Å². The van der Waals surface area contributed by atoms with Gasteiger partial charge in [-0.3, -0.25) is 9.59 Å². The summed E-state index contributed by atoms with van der Waals surface area (Å²) in [6, 6.07) is 0. The van der Waals surface area contributed by atoms with Crippen LogP contribution in [0.1, 0.15) is 27.7 Å². The molecule has 0 saturated heterocycles. The third-order valence-electron chi connectivity index (χ3n) is 3.03. The number of likely N-dealkylation sites (N-methyl/N-ethyl adjacent to an activating group) is 2. The van der Waals surface area contributed by atoms with Gasteiger partial charge in [0.05, 0.1) is 0 Å². The molecule has 0 spiro atoms. The Bertz CT molecular complexity index is 338. The number of rotatable bonds is 10. The molecule has 0 N–H and O–H groups in total. The Morgan fingerprint density at radius 2 is 1.14 bits per heavy atom. The predicted octanol–water partition coefficient (Wildman–Crippen LogP) is 0.283. The van der Waals surface area contributed by atoms with Gasteiger partial charge >= 0.3 is 5.97 Å². The zero-order chi connectivity index (χ0) is 16.3. The molecule has 0 saturated carbocycles. The minimum Gasteiger partial charge on any atom is -0.454 e. The lowest BCUT2D eigenvalue weighted by Gasteiger charge is -2.19. The molecule has 0 fully saturated rings. The van der Waals surface area contributed by atoms with Crippen molar-refractivity contribution in [2.45, 2.75) is 27.7 Å². The van der Waals surface area contributed by atoms with Crippen molar-refractivity contribution >= 4 is 17.8 Å². The molecule has 7 nitrogen and oxygen atoms in total. The number of nitrogens with zero attached hydrogens (tertiary/aromatic N) is 2. The highest BCUT2D eigenvalue weighted by atomic mass is 16.6. The molecule has 0 heterocycles. The molecule has 0 aliphatic carbocycles. The fourth-order valence-corrected chi connectivity index (χ4v) is 1.74. The lowest BCUT2D eigenvalue weighted by atomic mass is 10.4. The highest BCUT2D eigenvalue weighted by Gasteiger charge is 2.14. The van der Waals surface area contributed by atoms with Crippen molar-refractivity contribution in [1.82, 2.24) is 9.80 Å². The summed E-state index contributed by atoms with van der Waals surface area (Å²) in [5.41, 5.74) is 0. The summed E-state index contributed by atoms with van der Waals surface area (Å²) in [4.78, 5) is 37.8. The van der Waals surface area contributed by atoms with E-state index >= 15 is 0 Å². The molecule has 21 heavy (non-hydrogen) atoms. The van der Waals surface area contributed by atoms with Crippen LogP contribution in [0.3, 0.4) is 0 Å². The number of hydrogen-bond acceptors (Lipinski definition) is 5. The second-order valence-electron chi connectivity index (χ2n) is 4.29. The van der Waals surface area contributed by atoms with Gasteiger partial charge < -0.3 is 19.3 Å². The van der Waals surface area contributed by atoms with Crippen molar-refractivity contribution in [3.05, 3.63) is 0 Å². The van der Waals surface area contributed by atoms with Gasteiger partial charge in [0.2, 0.25) is 5.91 Å². The SMILES string of the molecule is CCN(CC)C(=O)COCC(=O)OCC(=O)N(CC)CC. The van der Waals surface area contributed by atoms with Crippen molar-refractivity contribution in [2.75, 3.05) is 46.0 Å². The van der Waals surface area contributed by atoms with Crippen molar-refractivity contribution in [3.63, 3.8) is 0 Å². The highest BCUT2D eigenvalue weighted by Crippen LogP contribution is 1.93. The second-order valence-corrected chi connectivity index (χ2v) is 4.29. The summed E-state index contributed by atoms with van der Waals surface area (Å²) in [6.07, 6.45) is 0. The van der Waals surface area contributed by atoms with Gasteiger partial charge in [0, 0.05) is 26.2 Å². The van der Waals surface area contributed by atoms with Crippen molar-refractivity contribution in [3.8, 4) is 0 Å². The van der Waals surface area contributed by atoms with Gasteiger partial charge in [-0.25, -0.2) is 4.79 Å². The molecular formula is C14H26N2O5. The van der Waals surface area contributed by atoms with Crippen molar-refractivity contribution < 1.29 is 23.9 Å². The normalized spacial score (nSPS) is 10.1. The summed E-state index contributed by atoms with van der Waals surface area (Å²) in [7, 11) is 0. The fourth-order valence-electron chi connectivity index (χ4n) is 1.74. The number of carbonyl (C=O) groups excluding carboxylic acids is 3. The Hall–Kier alpha value is -1.63. The van der Waals surface area contributed by atoms with E-state index in [1.54, 1.807) is 9.80 Å². The first kappa shape index (κ1) is 19.4. The Labute approximate surface area is 126 Å². The molecule has 0 rings (SSSR count). The third kappa shape index (κ3) is 7.65. The van der Waals surface area contributed by atoms with Crippen molar-refractivity contribution in [2.24, 2.45) is 0 Å². The standard InChI is InChI=1S/C14H26N2O5/c1-5-15(6-2)12(17)9-20-11-14(19)21-10-13(18)16(7-3)8-4/h5-11H2,1-4H3. The minimum atomic E-state index is -0.650. The molecule has 0 unspecified atom stereocenters. The van der Waals surface area contributed by atoms with Gasteiger partial charge in [0.1, 0.15) is 13.2 Å². The van der Waals surface area contributed by atoms with E-state index in [4.69, 9.17) is 9.47 Å². The van der Waals surface area contributed by atoms with Gasteiger partial charge in [-0.15, -0.1) is 0 Å². The molecule has 122 valence electrons. The van der Waals surface area contributed by atoms with Gasteiger partial charge in [0.25, 0.3) is 5.91 Å². The molecule has 2 amide bonds. The first-order chi connectivity index (χ1) is 9.99. The highest BCUT2D eigenvalue weighted by molar-refractivity contribution is 5.81. The second kappa shape index (κ2) is 11.1. The molecule has 0 aromatic carbocycles. The number of hydrogen-bond donors (Lipinski definition) is 0. The number of esters is 1. The Morgan fingerprint density at radius 3 is 1.57 bits per heavy atom. The first-order valence-electron chi connectivity index (χ1n) is 7.28. The maximum absolute atomic E-state index is 11.6. The summed E-state index contributed by atoms with van der Waals surface area (Å²) >= 11 is 0. The van der Waals surface area contributed by atoms with Crippen LogP contribution >= 0.6 is 0 Å². The number of ether oxygens (including phenoxy) is 2. The molecule has 0 aromatic rings. The van der Waals surface area contributed by atoms with Crippen LogP contribution in [0.5, 0.6) is 0 Å². The smallest absolute Gasteiger partial charge is 0.332 e. The van der Waals surface area contributed by atoms with Crippen LogP contribution < -0.4 is 0 Å². The quantitative estimate of drug-likeness (QED) is 0.542. The van der Waals surface area contributed by atoms with E-state index in [9.17, 15) is 14.4 Å². The van der Waals surface area contributed by atoms with Gasteiger partial charge in [0.15, 0.2) is 6.61 Å². The molecule has 0 bridgehead atoms. The average molecular weight is 302 g/mol. The fraction of sp³-hybridized carbons (Fsp3) is 0.786. The lowest BCUT2D eigenvalue weighted by molar-refractivity contribution is -0.157. The van der Waals surface area contributed by atoms with Crippen LogP contribution in [0, 0.1) is 0 Å². The summed E-state index contributed by atoms with van der Waals surface area (Å²) in [5, 5.41) is 0. The predicted molar refractivity (Wildman–Crippen MR) is 77.6 cm³/mol. The molecule has 7 heteroatoms. The summed E-state index contributed by atoms with van der Waals surface area (Å²) in [6.45, 7) is 8.99. The maximum Gasteiger partial charge on any atom is 0.332 e. The topological polar surface area (TPSA) is 76.1 Å². The van der Waals surface area contributed by atoms with Gasteiger partial charge in [-0.1, -0.05) is 0 Å².